The molecule has 0 radical (unpaired) electrons. The molecule has 7 aliphatic rings. The summed E-state index contributed by atoms with van der Waals surface area (Å²) in [5, 5.41) is 258. The molecule has 0 aliphatic carbocycles. The topological polar surface area (TPSA) is 708 Å². The molecular weight excluding hydrogens is 1850 g/mol. The van der Waals surface area contributed by atoms with Crippen LogP contribution in [0.2, 0.25) is 0 Å². The Kier molecular flexibility index (Phi) is 56.5. The van der Waals surface area contributed by atoms with E-state index >= 15 is 0 Å². The van der Waals surface area contributed by atoms with Gasteiger partial charge in [-0.25, -0.2) is 4.79 Å². The van der Waals surface area contributed by atoms with Gasteiger partial charge in [0.25, 0.3) is 5.79 Å². The summed E-state index contributed by atoms with van der Waals surface area (Å²) in [6.07, 6.45) is -23.0. The summed E-state index contributed by atoms with van der Waals surface area (Å²) in [5.41, 5.74) is 0. The predicted octanol–water partition coefficient (Wildman–Crippen LogP) is -2.35. The summed E-state index contributed by atoms with van der Waals surface area (Å²) in [6, 6.07) is -6.69. The highest BCUT2D eigenvalue weighted by atomic mass is 16.8. The van der Waals surface area contributed by atoms with Gasteiger partial charge in [0.2, 0.25) is 23.6 Å². The van der Waals surface area contributed by atoms with Crippen LogP contribution in [-0.4, -0.2) is 427 Å². The maximum atomic E-state index is 13.7. The second kappa shape index (κ2) is 64.6. The Hall–Kier alpha value is -4.57. The number of rotatable bonds is 66. The van der Waals surface area contributed by atoms with Crippen molar-refractivity contribution in [2.75, 3.05) is 52.9 Å². The second-order valence-electron chi connectivity index (χ2n) is 38.1. The first-order chi connectivity index (χ1) is 67.1. The van der Waals surface area contributed by atoms with E-state index in [9.17, 15) is 136 Å². The van der Waals surface area contributed by atoms with Gasteiger partial charge in [-0.1, -0.05) is 205 Å². The average molecular weight is 2020 g/mol. The lowest BCUT2D eigenvalue weighted by atomic mass is 9.88. The number of carboxylic acid groups (broad SMARTS) is 1. The highest BCUT2D eigenvalue weighted by Gasteiger charge is 2.63. The van der Waals surface area contributed by atoms with Crippen LogP contribution in [0.5, 0.6) is 0 Å². The van der Waals surface area contributed by atoms with Crippen molar-refractivity contribution < 1.29 is 203 Å². The molecule has 14 unspecified atom stereocenters. The quantitative estimate of drug-likeness (QED) is 0.0224. The zero-order chi connectivity index (χ0) is 103. The minimum atomic E-state index is -3.25. The van der Waals surface area contributed by atoms with Crippen molar-refractivity contribution in [2.45, 2.75) is 492 Å². The molecule has 4 amide bonds. The van der Waals surface area contributed by atoms with Crippen LogP contribution in [0.15, 0.2) is 24.3 Å². The van der Waals surface area contributed by atoms with E-state index in [2.05, 4.69) is 47.3 Å². The summed E-state index contributed by atoms with van der Waals surface area (Å²) in [5.74, 6) is -8.44. The zero-order valence-corrected chi connectivity index (χ0v) is 81.7. The lowest BCUT2D eigenvalue weighted by Crippen LogP contribution is -2.71. The summed E-state index contributed by atoms with van der Waals surface area (Å²) >= 11 is 0. The largest absolute Gasteiger partial charge is 0.477 e. The number of amides is 4. The molecule has 7 rings (SSSR count). The smallest absolute Gasteiger partial charge is 0.364 e. The molecule has 7 fully saturated rings. The minimum absolute atomic E-state index is 0.150. The van der Waals surface area contributed by atoms with E-state index in [4.69, 9.17) is 66.3 Å². The van der Waals surface area contributed by atoms with Crippen LogP contribution < -0.4 is 21.3 Å². The van der Waals surface area contributed by atoms with E-state index in [0.717, 1.165) is 85.0 Å². The Labute approximate surface area is 819 Å². The maximum absolute atomic E-state index is 13.7. The number of carboxylic acids is 1. The normalized spacial score (nSPS) is 35.9. The van der Waals surface area contributed by atoms with Crippen molar-refractivity contribution in [3.8, 4) is 0 Å². The molecule has 0 spiro atoms. The fourth-order valence-electron chi connectivity index (χ4n) is 18.8. The van der Waals surface area contributed by atoms with E-state index < -0.39 is 315 Å². The minimum Gasteiger partial charge on any atom is -0.477 e. The van der Waals surface area contributed by atoms with Crippen LogP contribution in [0, 0.1) is 0 Å². The van der Waals surface area contributed by atoms with E-state index in [0.29, 0.717) is 12.8 Å². The van der Waals surface area contributed by atoms with Crippen LogP contribution in [0.25, 0.3) is 0 Å². The molecule has 0 aromatic carbocycles. The number of nitrogens with one attached hydrogen (secondary N) is 4. The van der Waals surface area contributed by atoms with Gasteiger partial charge in [0, 0.05) is 33.6 Å². The number of aliphatic hydroxyl groups excluding tert-OH is 21. The van der Waals surface area contributed by atoms with Crippen LogP contribution in [-0.2, 0) is 90.3 Å². The van der Waals surface area contributed by atoms with Crippen LogP contribution >= 0.6 is 0 Å². The number of aliphatic hydroxyl groups is 21. The summed E-state index contributed by atoms with van der Waals surface area (Å²) < 4.78 is 83.1. The van der Waals surface area contributed by atoms with Crippen molar-refractivity contribution in [2.24, 2.45) is 0 Å². The van der Waals surface area contributed by atoms with Gasteiger partial charge in [-0.15, -0.1) is 0 Å². The first-order valence-corrected chi connectivity index (χ1v) is 50.8. The predicted molar refractivity (Wildman–Crippen MR) is 492 cm³/mol. The third-order valence-corrected chi connectivity index (χ3v) is 26.9. The molecule has 0 aromatic heterocycles. The number of ether oxygens (including phenoxy) is 14. The van der Waals surface area contributed by atoms with Crippen LogP contribution in [0.3, 0.4) is 0 Å². The van der Waals surface area contributed by atoms with Gasteiger partial charge in [-0.05, 0) is 44.9 Å². The Morgan fingerprint density at radius 2 is 0.700 bits per heavy atom. The number of hydrogen-bond acceptors (Lipinski definition) is 40. The SMILES string of the molecule is CCCCCCCC/C=C\CCCCCCCCCCCCCCCC(=O)N[C@@H](CO[C@@H]1OC(CO)[C@@H](O[C@@H]2OC(CO)[C@H](O)[C@H](O[C@@H]3OC(CO)[C@@H](O[C@@H]4OC(CO)[C@H](O)[C@H](O[C@@H]5OC(CO)[C@@H](O[C@@H]6OC(CO)[C@H](O)[C@H](O[C@]7(C(=O)O)CC(O)[C@@H](NC(C)=O)C([C@H](O)[C@H](O)CO)O7)C6O)[C@H](O)C5NC(C)=O)C4O)[C@H](O)C3NC(C)=O)C2O)[C@H](O)C1O)[C@H](O)/C=C/CCCCCCCCCCCCC. The van der Waals surface area contributed by atoms with Gasteiger partial charge in [0.05, 0.1) is 77.1 Å². The summed E-state index contributed by atoms with van der Waals surface area (Å²) in [4.78, 5) is 65.2. The Morgan fingerprint density at radius 1 is 0.371 bits per heavy atom. The number of hydrogen-bond donors (Lipinski definition) is 26. The second-order valence-corrected chi connectivity index (χ2v) is 38.1. The lowest BCUT2D eigenvalue weighted by Gasteiger charge is -2.51. The standard InChI is InChI=1S/C95H168N4O41/c1-6-8-10-12-14-16-18-20-21-22-23-24-25-26-27-28-29-31-33-35-37-39-41-43-66(113)99-56(57(110)42-40-38-36-34-32-30-19-17-15-13-11-9-7-2)52-127-90-77(121)76(120)83(65(51-106)133-90)136-92-79(123)86(72(116)61(47-102)129-92)138-88-68(97-54(4)108)74(118)81(63(49-104)131-88)134-91-78(122)85(71(115)60(46-101)128-91)137-89-69(98-55(5)109)75(119)82(64(50-105)132-89)135-93-80(124)87(73(117)62(48-103)130-93)140-95(94(125)126)44-58(111)67(96-53(3)107)84(139-95)70(114)59(112)45-100/h20-21,40,42,56-65,67-93,100-106,110-112,114-124H,6-19,22-39,41,43-52H2,1-5H3,(H,96,107)(H,97,108)(H,98,109)(H,99,113)(H,125,126)/b21-20-,42-40+/t56-,57+,58?,59+,60?,61?,62?,63?,64?,65?,67+,68?,69?,70+,71-,72-,73-,74+,75+,76+,77?,78?,79?,80?,81+,82+,83+,84?,85-,86-,87-,88-,89-,90+,91-,92-,93-,95-/m0/s1. The highest BCUT2D eigenvalue weighted by molar-refractivity contribution is 5.77. The van der Waals surface area contributed by atoms with Gasteiger partial charge in [-0.2, -0.15) is 0 Å². The fourth-order valence-corrected chi connectivity index (χ4v) is 18.8. The molecule has 140 heavy (non-hydrogen) atoms. The van der Waals surface area contributed by atoms with E-state index in [-0.39, 0.29) is 12.3 Å². The number of allylic oxidation sites excluding steroid dienone is 3. The molecule has 7 heterocycles. The fraction of sp³-hybridized carbons (Fsp3) is 0.905. The Bertz CT molecular complexity index is 3500. The van der Waals surface area contributed by atoms with Crippen LogP contribution in [0.1, 0.15) is 259 Å². The van der Waals surface area contributed by atoms with Gasteiger partial charge in [-0.3, -0.25) is 19.2 Å². The molecule has 38 atom stereocenters. The van der Waals surface area contributed by atoms with Gasteiger partial charge in [0.1, 0.15) is 165 Å². The van der Waals surface area contributed by atoms with Crippen molar-refractivity contribution in [3.05, 3.63) is 24.3 Å². The molecule has 0 aromatic rings. The molecule has 26 N–H and O–H groups in total. The number of unbranched alkanes of at least 4 members (excludes halogenated alkanes) is 30. The highest BCUT2D eigenvalue weighted by Crippen LogP contribution is 2.42. The summed E-state index contributed by atoms with van der Waals surface area (Å²) in [6.45, 7) is -0.971. The Balaban J connectivity index is 0.974. The van der Waals surface area contributed by atoms with Crippen molar-refractivity contribution in [1.29, 1.82) is 0 Å². The molecule has 45 nitrogen and oxygen atoms in total. The van der Waals surface area contributed by atoms with Gasteiger partial charge in [0.15, 0.2) is 37.7 Å². The molecule has 7 aliphatic heterocycles. The van der Waals surface area contributed by atoms with Crippen molar-refractivity contribution in [1.82, 2.24) is 21.3 Å². The van der Waals surface area contributed by atoms with E-state index in [1.54, 1.807) is 6.08 Å². The molecule has 0 saturated carbocycles. The van der Waals surface area contributed by atoms with E-state index in [1.807, 2.05) is 6.08 Å². The molecular formula is C95H168N4O41. The Morgan fingerprint density at radius 3 is 1.07 bits per heavy atom. The van der Waals surface area contributed by atoms with Crippen molar-refractivity contribution in [3.63, 3.8) is 0 Å². The summed E-state index contributed by atoms with van der Waals surface area (Å²) in [7, 11) is 0. The monoisotopic (exact) mass is 2020 g/mol. The van der Waals surface area contributed by atoms with Gasteiger partial charge < -0.3 is 200 Å². The molecule has 7 saturated heterocycles. The maximum Gasteiger partial charge on any atom is 0.364 e. The molecule has 0 bridgehead atoms. The third-order valence-electron chi connectivity index (χ3n) is 26.9. The number of carbonyl (C=O) groups excluding carboxylic acids is 4. The average Bonchev–Trinajstić information content (AvgIpc) is 0.954. The third kappa shape index (κ3) is 37.0. The molecule has 814 valence electrons. The van der Waals surface area contributed by atoms with Gasteiger partial charge >= 0.3 is 5.97 Å². The first-order valence-electron chi connectivity index (χ1n) is 50.8. The number of aliphatic carboxylic acids is 1. The van der Waals surface area contributed by atoms with Crippen molar-refractivity contribution >= 4 is 29.6 Å². The van der Waals surface area contributed by atoms with E-state index in [1.165, 1.54) is 135 Å². The first kappa shape index (κ1) is 122. The van der Waals surface area contributed by atoms with Crippen LogP contribution in [0.4, 0.5) is 0 Å². The number of carbonyl (C=O) groups is 5. The zero-order valence-electron chi connectivity index (χ0n) is 81.7. The lowest BCUT2D eigenvalue weighted by molar-refractivity contribution is -0.391. The molecule has 45 heteroatoms.